The van der Waals surface area contributed by atoms with Gasteiger partial charge in [-0.15, -0.1) is 0 Å². The van der Waals surface area contributed by atoms with E-state index in [0.717, 1.165) is 66.0 Å². The van der Waals surface area contributed by atoms with Crippen molar-refractivity contribution >= 4 is 11.6 Å². The quantitative estimate of drug-likeness (QED) is 0.654. The molecule has 0 aromatic heterocycles. The molecule has 4 bridgehead atoms. The van der Waals surface area contributed by atoms with Gasteiger partial charge in [0.05, 0.1) is 24.3 Å². The highest BCUT2D eigenvalue weighted by molar-refractivity contribution is 6.03. The SMILES string of the molecule is COc1cccc([C@H]2CC(c3ccccc3)=NN2C(=O)C23CC4CC(CC(C4)C2)C3)c1. The highest BCUT2D eigenvalue weighted by Crippen LogP contribution is 2.61. The van der Waals surface area contributed by atoms with Crippen LogP contribution in [0.15, 0.2) is 59.7 Å². The monoisotopic (exact) mass is 414 g/mol. The van der Waals surface area contributed by atoms with E-state index in [1.54, 1.807) is 7.11 Å². The Kier molecular flexibility index (Phi) is 4.45. The van der Waals surface area contributed by atoms with Crippen LogP contribution < -0.4 is 4.74 Å². The minimum absolute atomic E-state index is 0.0641. The average molecular weight is 415 g/mol. The standard InChI is InChI=1S/C27H30N2O2/c1-31-23-9-5-8-22(13-23)25-14-24(21-6-3-2-4-7-21)28-29(25)26(30)27-15-18-10-19(16-27)12-20(11-18)17-27/h2-9,13,18-20,25H,10-12,14-17H2,1H3/t18?,19?,20?,25-,27?/m1/s1. The maximum absolute atomic E-state index is 14.2. The van der Waals surface area contributed by atoms with E-state index < -0.39 is 0 Å². The Balaban J connectivity index is 1.38. The third kappa shape index (κ3) is 3.19. The summed E-state index contributed by atoms with van der Waals surface area (Å²) in [6.07, 6.45) is 7.95. The van der Waals surface area contributed by atoms with Gasteiger partial charge in [-0.05, 0) is 79.5 Å². The van der Waals surface area contributed by atoms with Crippen LogP contribution in [0.3, 0.4) is 0 Å². The Hall–Kier alpha value is -2.62. The largest absolute Gasteiger partial charge is 0.497 e. The average Bonchev–Trinajstić information content (AvgIpc) is 3.24. The van der Waals surface area contributed by atoms with Crippen LogP contribution >= 0.6 is 0 Å². The Morgan fingerprint density at radius 1 is 0.968 bits per heavy atom. The summed E-state index contributed by atoms with van der Waals surface area (Å²) in [7, 11) is 1.69. The van der Waals surface area contributed by atoms with Crippen molar-refractivity contribution in [3.63, 3.8) is 0 Å². The first kappa shape index (κ1) is 19.1. The highest BCUT2D eigenvalue weighted by Gasteiger charge is 2.57. The van der Waals surface area contributed by atoms with Gasteiger partial charge in [0.1, 0.15) is 5.75 Å². The molecule has 4 aliphatic carbocycles. The molecule has 2 aromatic carbocycles. The van der Waals surface area contributed by atoms with Crippen molar-refractivity contribution in [2.75, 3.05) is 7.11 Å². The molecular weight excluding hydrogens is 384 g/mol. The lowest BCUT2D eigenvalue weighted by Gasteiger charge is -2.56. The molecule has 0 unspecified atom stereocenters. The summed E-state index contributed by atoms with van der Waals surface area (Å²) >= 11 is 0. The fourth-order valence-corrected chi connectivity index (χ4v) is 7.23. The first-order valence-corrected chi connectivity index (χ1v) is 11.7. The van der Waals surface area contributed by atoms with Crippen LogP contribution in [0.4, 0.5) is 0 Å². The number of hydrogen-bond acceptors (Lipinski definition) is 3. The molecule has 4 fully saturated rings. The molecular formula is C27H30N2O2. The van der Waals surface area contributed by atoms with Crippen LogP contribution in [-0.4, -0.2) is 23.7 Å². The van der Waals surface area contributed by atoms with Crippen molar-refractivity contribution < 1.29 is 9.53 Å². The van der Waals surface area contributed by atoms with Crippen molar-refractivity contribution in [3.8, 4) is 5.75 Å². The molecule has 1 aliphatic heterocycles. The van der Waals surface area contributed by atoms with Gasteiger partial charge in [-0.1, -0.05) is 42.5 Å². The predicted molar refractivity (Wildman–Crippen MR) is 121 cm³/mol. The highest BCUT2D eigenvalue weighted by atomic mass is 16.5. The van der Waals surface area contributed by atoms with E-state index in [-0.39, 0.29) is 17.4 Å². The molecule has 0 spiro atoms. The van der Waals surface area contributed by atoms with Gasteiger partial charge < -0.3 is 4.74 Å². The molecule has 1 heterocycles. The summed E-state index contributed by atoms with van der Waals surface area (Å²) in [6.45, 7) is 0. The number of benzene rings is 2. The van der Waals surface area contributed by atoms with Crippen molar-refractivity contribution in [2.24, 2.45) is 28.3 Å². The van der Waals surface area contributed by atoms with E-state index in [4.69, 9.17) is 9.84 Å². The number of methoxy groups -OCH3 is 1. The second kappa shape index (κ2) is 7.22. The topological polar surface area (TPSA) is 41.9 Å². The summed E-state index contributed by atoms with van der Waals surface area (Å²) in [4.78, 5) is 14.2. The third-order valence-electron chi connectivity index (χ3n) is 8.20. The lowest BCUT2D eigenvalue weighted by Crippen LogP contribution is -2.53. The molecule has 2 aromatic rings. The third-order valence-corrected chi connectivity index (χ3v) is 8.20. The van der Waals surface area contributed by atoms with Gasteiger partial charge in [-0.3, -0.25) is 4.79 Å². The van der Waals surface area contributed by atoms with E-state index in [0.29, 0.717) is 0 Å². The molecule has 4 saturated carbocycles. The number of carbonyl (C=O) groups is 1. The summed E-state index contributed by atoms with van der Waals surface area (Å²) < 4.78 is 5.48. The molecule has 160 valence electrons. The number of amides is 1. The van der Waals surface area contributed by atoms with Gasteiger partial charge in [0.25, 0.3) is 0 Å². The molecule has 31 heavy (non-hydrogen) atoms. The van der Waals surface area contributed by atoms with Crippen LogP contribution in [0, 0.1) is 23.2 Å². The number of rotatable bonds is 4. The number of hydrazone groups is 1. The van der Waals surface area contributed by atoms with E-state index in [1.165, 1.54) is 19.3 Å². The molecule has 4 nitrogen and oxygen atoms in total. The first-order chi connectivity index (χ1) is 15.1. The van der Waals surface area contributed by atoms with Gasteiger partial charge in [0.2, 0.25) is 5.91 Å². The van der Waals surface area contributed by atoms with Gasteiger partial charge in [-0.2, -0.15) is 5.10 Å². The molecule has 0 saturated heterocycles. The molecule has 0 N–H and O–H groups in total. The summed E-state index contributed by atoms with van der Waals surface area (Å²) in [5.74, 6) is 3.32. The maximum atomic E-state index is 14.2. The normalized spacial score (nSPS) is 33.5. The number of nitrogens with zero attached hydrogens (tertiary/aromatic N) is 2. The second-order valence-corrected chi connectivity index (χ2v) is 10.3. The van der Waals surface area contributed by atoms with E-state index in [1.807, 2.05) is 35.3 Å². The van der Waals surface area contributed by atoms with Crippen molar-refractivity contribution in [1.82, 2.24) is 5.01 Å². The van der Waals surface area contributed by atoms with E-state index in [9.17, 15) is 4.79 Å². The molecule has 7 rings (SSSR count). The summed E-state index contributed by atoms with van der Waals surface area (Å²) in [6, 6.07) is 18.4. The minimum Gasteiger partial charge on any atom is -0.497 e. The predicted octanol–water partition coefficient (Wildman–Crippen LogP) is 5.59. The lowest BCUT2D eigenvalue weighted by molar-refractivity contribution is -0.159. The Bertz CT molecular complexity index is 993. The van der Waals surface area contributed by atoms with Crippen LogP contribution in [0.25, 0.3) is 0 Å². The van der Waals surface area contributed by atoms with Gasteiger partial charge in [0, 0.05) is 6.42 Å². The molecule has 4 heteroatoms. The maximum Gasteiger partial charge on any atom is 0.249 e. The zero-order valence-electron chi connectivity index (χ0n) is 18.2. The van der Waals surface area contributed by atoms with Crippen LogP contribution in [-0.2, 0) is 4.79 Å². The zero-order valence-corrected chi connectivity index (χ0v) is 18.2. The van der Waals surface area contributed by atoms with Crippen LogP contribution in [0.5, 0.6) is 5.75 Å². The Morgan fingerprint density at radius 2 is 1.65 bits per heavy atom. The van der Waals surface area contributed by atoms with Gasteiger partial charge >= 0.3 is 0 Å². The molecule has 0 radical (unpaired) electrons. The first-order valence-electron chi connectivity index (χ1n) is 11.7. The zero-order chi connectivity index (χ0) is 21.0. The van der Waals surface area contributed by atoms with Gasteiger partial charge in [-0.25, -0.2) is 5.01 Å². The number of carbonyl (C=O) groups excluding carboxylic acids is 1. The lowest BCUT2D eigenvalue weighted by atomic mass is 9.49. The fourth-order valence-electron chi connectivity index (χ4n) is 7.23. The number of hydrogen-bond donors (Lipinski definition) is 0. The van der Waals surface area contributed by atoms with Crippen molar-refractivity contribution in [3.05, 3.63) is 65.7 Å². The van der Waals surface area contributed by atoms with Crippen molar-refractivity contribution in [1.29, 1.82) is 0 Å². The van der Waals surface area contributed by atoms with Crippen LogP contribution in [0.2, 0.25) is 0 Å². The minimum atomic E-state index is -0.193. The number of ether oxygens (including phenoxy) is 1. The molecule has 5 aliphatic rings. The van der Waals surface area contributed by atoms with Crippen LogP contribution in [0.1, 0.15) is 62.1 Å². The van der Waals surface area contributed by atoms with E-state index in [2.05, 4.69) is 24.3 Å². The van der Waals surface area contributed by atoms with E-state index >= 15 is 0 Å². The van der Waals surface area contributed by atoms with Gasteiger partial charge in [0.15, 0.2) is 0 Å². The molecule has 1 amide bonds. The second-order valence-electron chi connectivity index (χ2n) is 10.3. The smallest absolute Gasteiger partial charge is 0.249 e. The van der Waals surface area contributed by atoms with Crippen molar-refractivity contribution in [2.45, 2.75) is 51.0 Å². The fraction of sp³-hybridized carbons (Fsp3) is 0.481. The molecule has 1 atom stereocenters. The summed E-state index contributed by atoms with van der Waals surface area (Å²) in [5, 5.41) is 6.85. The Labute approximate surface area is 184 Å². The summed E-state index contributed by atoms with van der Waals surface area (Å²) in [5.41, 5.74) is 3.02. The Morgan fingerprint density at radius 3 is 2.29 bits per heavy atom.